The van der Waals surface area contributed by atoms with Crippen molar-refractivity contribution in [3.05, 3.63) is 65.0 Å². The molecule has 106 valence electrons. The molecule has 0 aliphatic rings. The molecule has 2 rings (SSSR count). The minimum Gasteiger partial charge on any atom is -0.271 e. The van der Waals surface area contributed by atoms with Gasteiger partial charge in [0.05, 0.1) is 6.04 Å². The number of hydrazine groups is 1. The fourth-order valence-corrected chi connectivity index (χ4v) is 2.15. The first-order chi connectivity index (χ1) is 9.63. The predicted octanol–water partition coefficient (Wildman–Crippen LogP) is 2.81. The van der Waals surface area contributed by atoms with Crippen molar-refractivity contribution < 1.29 is 8.78 Å². The van der Waals surface area contributed by atoms with Crippen LogP contribution in [0, 0.1) is 18.6 Å². The first-order valence-electron chi connectivity index (χ1n) is 6.44. The molecule has 2 aromatic rings. The summed E-state index contributed by atoms with van der Waals surface area (Å²) < 4.78 is 27.9. The Kier molecular flexibility index (Phi) is 4.76. The number of benzene rings is 1. The summed E-state index contributed by atoms with van der Waals surface area (Å²) in [6.45, 7) is 1.60. The summed E-state index contributed by atoms with van der Waals surface area (Å²) in [5.74, 6) is 4.32. The van der Waals surface area contributed by atoms with Gasteiger partial charge in [0, 0.05) is 17.5 Å². The van der Waals surface area contributed by atoms with Crippen LogP contribution in [-0.4, -0.2) is 4.98 Å². The van der Waals surface area contributed by atoms with Crippen LogP contribution in [0.4, 0.5) is 8.78 Å². The standard InChI is InChI=1S/C15H17F2N3/c1-10-5-7-12(16)14(15(10)17)13(20-18)8-6-11-4-2-3-9-19-11/h2-5,7,9,13,20H,6,8,18H2,1H3. The first kappa shape index (κ1) is 14.6. The molecule has 5 heteroatoms. The Morgan fingerprint density at radius 2 is 2.05 bits per heavy atom. The molecular formula is C15H17F2N3. The second-order valence-electron chi connectivity index (χ2n) is 4.67. The molecule has 3 nitrogen and oxygen atoms in total. The molecule has 0 radical (unpaired) electrons. The maximum atomic E-state index is 14.1. The molecule has 1 aromatic carbocycles. The average molecular weight is 277 g/mol. The van der Waals surface area contributed by atoms with Gasteiger partial charge in [0.15, 0.2) is 0 Å². The van der Waals surface area contributed by atoms with Crippen LogP contribution in [0.1, 0.15) is 29.3 Å². The summed E-state index contributed by atoms with van der Waals surface area (Å²) in [7, 11) is 0. The summed E-state index contributed by atoms with van der Waals surface area (Å²) in [4.78, 5) is 4.18. The molecule has 1 aromatic heterocycles. The number of pyridine rings is 1. The van der Waals surface area contributed by atoms with Crippen molar-refractivity contribution in [1.82, 2.24) is 10.4 Å². The summed E-state index contributed by atoms with van der Waals surface area (Å²) in [5, 5.41) is 0. The highest BCUT2D eigenvalue weighted by Crippen LogP contribution is 2.26. The SMILES string of the molecule is Cc1ccc(F)c(C(CCc2ccccn2)NN)c1F. The number of aryl methyl sites for hydroxylation is 2. The Labute approximate surface area is 116 Å². The Hall–Kier alpha value is -1.85. The fraction of sp³-hybridized carbons (Fsp3) is 0.267. The van der Waals surface area contributed by atoms with E-state index in [9.17, 15) is 8.78 Å². The summed E-state index contributed by atoms with van der Waals surface area (Å²) in [6, 6.07) is 7.66. The van der Waals surface area contributed by atoms with Gasteiger partial charge in [0.2, 0.25) is 0 Å². The highest BCUT2D eigenvalue weighted by molar-refractivity contribution is 5.29. The molecule has 20 heavy (non-hydrogen) atoms. The number of nitrogens with one attached hydrogen (secondary N) is 1. The second kappa shape index (κ2) is 6.54. The van der Waals surface area contributed by atoms with Crippen LogP contribution >= 0.6 is 0 Å². The number of halogens is 2. The zero-order chi connectivity index (χ0) is 14.5. The minimum atomic E-state index is -0.586. The van der Waals surface area contributed by atoms with Gasteiger partial charge in [-0.1, -0.05) is 12.1 Å². The van der Waals surface area contributed by atoms with Crippen molar-refractivity contribution in [2.75, 3.05) is 0 Å². The van der Waals surface area contributed by atoms with Crippen molar-refractivity contribution in [2.24, 2.45) is 5.84 Å². The second-order valence-corrected chi connectivity index (χ2v) is 4.67. The fourth-order valence-electron chi connectivity index (χ4n) is 2.15. The van der Waals surface area contributed by atoms with E-state index >= 15 is 0 Å². The first-order valence-corrected chi connectivity index (χ1v) is 6.44. The third kappa shape index (κ3) is 3.18. The highest BCUT2D eigenvalue weighted by Gasteiger charge is 2.20. The molecular weight excluding hydrogens is 260 g/mol. The number of hydrogen-bond donors (Lipinski definition) is 2. The predicted molar refractivity (Wildman–Crippen MR) is 73.7 cm³/mol. The van der Waals surface area contributed by atoms with Crippen LogP contribution in [0.15, 0.2) is 36.5 Å². The van der Waals surface area contributed by atoms with Crippen LogP contribution in [0.25, 0.3) is 0 Å². The molecule has 0 amide bonds. The van der Waals surface area contributed by atoms with E-state index in [0.29, 0.717) is 18.4 Å². The van der Waals surface area contributed by atoms with Gasteiger partial charge in [-0.05, 0) is 43.5 Å². The molecule has 0 saturated carbocycles. The molecule has 0 bridgehead atoms. The topological polar surface area (TPSA) is 50.9 Å². The van der Waals surface area contributed by atoms with Gasteiger partial charge in [-0.2, -0.15) is 0 Å². The minimum absolute atomic E-state index is 0.0107. The Balaban J connectivity index is 2.19. The van der Waals surface area contributed by atoms with E-state index in [4.69, 9.17) is 5.84 Å². The Morgan fingerprint density at radius 1 is 1.25 bits per heavy atom. The lowest BCUT2D eigenvalue weighted by Gasteiger charge is -2.18. The number of nitrogens with zero attached hydrogens (tertiary/aromatic N) is 1. The van der Waals surface area contributed by atoms with E-state index in [-0.39, 0.29) is 5.56 Å². The van der Waals surface area contributed by atoms with E-state index in [1.807, 2.05) is 18.2 Å². The van der Waals surface area contributed by atoms with Crippen molar-refractivity contribution in [3.8, 4) is 0 Å². The molecule has 0 aliphatic carbocycles. The summed E-state index contributed by atoms with van der Waals surface area (Å²) in [6.07, 6.45) is 2.74. The lowest BCUT2D eigenvalue weighted by molar-refractivity contribution is 0.451. The number of nitrogens with two attached hydrogens (primary N) is 1. The zero-order valence-corrected chi connectivity index (χ0v) is 11.2. The lowest BCUT2D eigenvalue weighted by Crippen LogP contribution is -2.30. The quantitative estimate of drug-likeness (QED) is 0.652. The van der Waals surface area contributed by atoms with Gasteiger partial charge >= 0.3 is 0 Å². The zero-order valence-electron chi connectivity index (χ0n) is 11.2. The van der Waals surface area contributed by atoms with Gasteiger partial charge in [0.25, 0.3) is 0 Å². The normalized spacial score (nSPS) is 12.4. The van der Waals surface area contributed by atoms with E-state index in [2.05, 4.69) is 10.4 Å². The van der Waals surface area contributed by atoms with Crippen molar-refractivity contribution in [2.45, 2.75) is 25.8 Å². The van der Waals surface area contributed by atoms with Gasteiger partial charge in [-0.25, -0.2) is 8.78 Å². The van der Waals surface area contributed by atoms with Crippen molar-refractivity contribution >= 4 is 0 Å². The smallest absolute Gasteiger partial charge is 0.133 e. The average Bonchev–Trinajstić information content (AvgIpc) is 2.47. The van der Waals surface area contributed by atoms with Crippen molar-refractivity contribution in [3.63, 3.8) is 0 Å². The van der Waals surface area contributed by atoms with E-state index in [1.54, 1.807) is 13.1 Å². The summed E-state index contributed by atoms with van der Waals surface area (Å²) in [5.41, 5.74) is 3.74. The highest BCUT2D eigenvalue weighted by atomic mass is 19.1. The maximum absolute atomic E-state index is 14.1. The van der Waals surface area contributed by atoms with E-state index in [1.165, 1.54) is 12.1 Å². The Morgan fingerprint density at radius 3 is 2.70 bits per heavy atom. The van der Waals surface area contributed by atoms with Crippen LogP contribution < -0.4 is 11.3 Å². The third-order valence-electron chi connectivity index (χ3n) is 3.28. The van der Waals surface area contributed by atoms with Crippen LogP contribution in [0.5, 0.6) is 0 Å². The molecule has 1 atom stereocenters. The van der Waals surface area contributed by atoms with Crippen LogP contribution in [0.3, 0.4) is 0 Å². The van der Waals surface area contributed by atoms with Gasteiger partial charge < -0.3 is 0 Å². The third-order valence-corrected chi connectivity index (χ3v) is 3.28. The molecule has 1 heterocycles. The molecule has 1 unspecified atom stereocenters. The maximum Gasteiger partial charge on any atom is 0.133 e. The monoisotopic (exact) mass is 277 g/mol. The van der Waals surface area contributed by atoms with Crippen LogP contribution in [-0.2, 0) is 6.42 Å². The molecule has 0 fully saturated rings. The Bertz CT molecular complexity index is 573. The molecule has 0 spiro atoms. The van der Waals surface area contributed by atoms with Gasteiger partial charge in [0.1, 0.15) is 11.6 Å². The van der Waals surface area contributed by atoms with Gasteiger partial charge in [-0.3, -0.25) is 16.3 Å². The largest absolute Gasteiger partial charge is 0.271 e. The van der Waals surface area contributed by atoms with Crippen LogP contribution in [0.2, 0.25) is 0 Å². The van der Waals surface area contributed by atoms with Gasteiger partial charge in [-0.15, -0.1) is 0 Å². The molecule has 0 aliphatic heterocycles. The van der Waals surface area contributed by atoms with E-state index in [0.717, 1.165) is 5.69 Å². The van der Waals surface area contributed by atoms with E-state index < -0.39 is 17.7 Å². The summed E-state index contributed by atoms with van der Waals surface area (Å²) >= 11 is 0. The molecule has 0 saturated heterocycles. The molecule has 3 N–H and O–H groups in total. The lowest BCUT2D eigenvalue weighted by atomic mass is 9.98. The number of hydrogen-bond acceptors (Lipinski definition) is 3. The number of aromatic nitrogens is 1. The van der Waals surface area contributed by atoms with Crippen molar-refractivity contribution in [1.29, 1.82) is 0 Å². The number of rotatable bonds is 5.